The van der Waals surface area contributed by atoms with Crippen molar-refractivity contribution in [1.29, 1.82) is 0 Å². The molecule has 2 fully saturated rings. The minimum Gasteiger partial charge on any atom is -0.342 e. The molecule has 0 aliphatic carbocycles. The number of thiophene rings is 1. The summed E-state index contributed by atoms with van der Waals surface area (Å²) in [4.78, 5) is 25.5. The first-order valence-corrected chi connectivity index (χ1v) is 7.89. The normalized spacial score (nSPS) is 26.4. The highest BCUT2D eigenvalue weighted by Gasteiger charge is 2.41. The Balaban J connectivity index is 1.77. The van der Waals surface area contributed by atoms with Crippen LogP contribution in [0, 0.1) is 0 Å². The van der Waals surface area contributed by atoms with Gasteiger partial charge in [0.25, 0.3) is 0 Å². The summed E-state index contributed by atoms with van der Waals surface area (Å²) >= 11 is 1.64. The van der Waals surface area contributed by atoms with E-state index in [9.17, 15) is 4.79 Å². The van der Waals surface area contributed by atoms with Gasteiger partial charge in [-0.05, 0) is 31.2 Å². The van der Waals surface area contributed by atoms with E-state index in [1.807, 2.05) is 23.3 Å². The molecular weight excluding hydrogens is 272 g/mol. The largest absolute Gasteiger partial charge is 0.342 e. The van der Waals surface area contributed by atoms with Crippen molar-refractivity contribution < 1.29 is 4.79 Å². The molecular formula is C14H16N4OS. The van der Waals surface area contributed by atoms with E-state index in [2.05, 4.69) is 14.9 Å². The van der Waals surface area contributed by atoms with E-state index in [1.54, 1.807) is 17.7 Å². The molecule has 104 valence electrons. The average Bonchev–Trinajstić information content (AvgIpc) is 3.10. The zero-order valence-corrected chi connectivity index (χ0v) is 12.1. The minimum atomic E-state index is -0.135. The van der Waals surface area contributed by atoms with Crippen molar-refractivity contribution in [3.05, 3.63) is 17.8 Å². The number of nitrogens with zero attached hydrogens (tertiary/aromatic N) is 4. The number of piperazine rings is 1. The topological polar surface area (TPSA) is 49.3 Å². The van der Waals surface area contributed by atoms with Crippen molar-refractivity contribution in [2.75, 3.05) is 18.0 Å². The summed E-state index contributed by atoms with van der Waals surface area (Å²) in [5.74, 6) is 1.15. The van der Waals surface area contributed by atoms with Gasteiger partial charge in [0.05, 0.1) is 10.2 Å². The van der Waals surface area contributed by atoms with Gasteiger partial charge in [0.1, 0.15) is 12.4 Å². The molecule has 0 radical (unpaired) electrons. The number of carbonyl (C=O) groups is 1. The van der Waals surface area contributed by atoms with E-state index in [0.717, 1.165) is 42.0 Å². The summed E-state index contributed by atoms with van der Waals surface area (Å²) in [6.07, 6.45) is 3.82. The lowest BCUT2D eigenvalue weighted by Gasteiger charge is -2.42. The Bertz CT molecular complexity index is 670. The Morgan fingerprint density at radius 3 is 3.15 bits per heavy atom. The number of hydrogen-bond donors (Lipinski definition) is 0. The molecule has 0 spiro atoms. The Kier molecular flexibility index (Phi) is 2.66. The summed E-state index contributed by atoms with van der Waals surface area (Å²) in [7, 11) is 0. The standard InChI is InChI=1S/C14H16N4OS/c1-9-14(19)17-5-2-3-10(17)7-18(9)13-12-11(4-6-20-12)15-8-16-13/h4,6,8-10H,2-3,5,7H2,1H3/t9-,10-/m0/s1. The number of amides is 1. The Morgan fingerprint density at radius 2 is 2.25 bits per heavy atom. The van der Waals surface area contributed by atoms with Gasteiger partial charge in [0.15, 0.2) is 5.82 Å². The smallest absolute Gasteiger partial charge is 0.245 e. The van der Waals surface area contributed by atoms with Gasteiger partial charge in [-0.2, -0.15) is 0 Å². The van der Waals surface area contributed by atoms with Crippen LogP contribution in [0.5, 0.6) is 0 Å². The molecule has 4 heterocycles. The van der Waals surface area contributed by atoms with Gasteiger partial charge >= 0.3 is 0 Å². The molecule has 2 aromatic heterocycles. The van der Waals surface area contributed by atoms with E-state index in [-0.39, 0.29) is 11.9 Å². The summed E-state index contributed by atoms with van der Waals surface area (Å²) < 4.78 is 1.08. The monoisotopic (exact) mass is 288 g/mol. The van der Waals surface area contributed by atoms with Crippen molar-refractivity contribution in [1.82, 2.24) is 14.9 Å². The van der Waals surface area contributed by atoms with Gasteiger partial charge in [-0.15, -0.1) is 11.3 Å². The maximum atomic E-state index is 12.5. The lowest BCUT2D eigenvalue weighted by molar-refractivity contribution is -0.134. The van der Waals surface area contributed by atoms with Gasteiger partial charge in [-0.1, -0.05) is 0 Å². The van der Waals surface area contributed by atoms with Crippen LogP contribution in [0.15, 0.2) is 17.8 Å². The zero-order valence-electron chi connectivity index (χ0n) is 11.3. The van der Waals surface area contributed by atoms with Crippen LogP contribution in [0.1, 0.15) is 19.8 Å². The fraction of sp³-hybridized carbons (Fsp3) is 0.500. The van der Waals surface area contributed by atoms with E-state index in [1.165, 1.54) is 0 Å². The highest BCUT2D eigenvalue weighted by Crippen LogP contribution is 2.33. The maximum absolute atomic E-state index is 12.5. The minimum absolute atomic E-state index is 0.135. The van der Waals surface area contributed by atoms with Crippen LogP contribution in [0.2, 0.25) is 0 Å². The number of aromatic nitrogens is 2. The molecule has 0 saturated carbocycles. The van der Waals surface area contributed by atoms with Crippen molar-refractivity contribution in [2.24, 2.45) is 0 Å². The molecule has 2 aliphatic rings. The summed E-state index contributed by atoms with van der Waals surface area (Å²) in [5.41, 5.74) is 0.966. The molecule has 0 N–H and O–H groups in total. The van der Waals surface area contributed by atoms with Gasteiger partial charge in [0, 0.05) is 19.1 Å². The third-order valence-corrected chi connectivity index (χ3v) is 5.29. The van der Waals surface area contributed by atoms with E-state index < -0.39 is 0 Å². The number of anilines is 1. The maximum Gasteiger partial charge on any atom is 0.245 e. The van der Waals surface area contributed by atoms with Crippen molar-refractivity contribution in [3.63, 3.8) is 0 Å². The Morgan fingerprint density at radius 1 is 1.35 bits per heavy atom. The van der Waals surface area contributed by atoms with Crippen LogP contribution in [0.3, 0.4) is 0 Å². The van der Waals surface area contributed by atoms with Gasteiger partial charge < -0.3 is 9.80 Å². The van der Waals surface area contributed by atoms with Crippen LogP contribution in [0.4, 0.5) is 5.82 Å². The number of fused-ring (bicyclic) bond motifs is 2. The van der Waals surface area contributed by atoms with E-state index in [4.69, 9.17) is 0 Å². The summed E-state index contributed by atoms with van der Waals surface area (Å²) in [6, 6.07) is 2.22. The molecule has 2 atom stereocenters. The third kappa shape index (κ3) is 1.64. The predicted molar refractivity (Wildman–Crippen MR) is 79.0 cm³/mol. The predicted octanol–water partition coefficient (Wildman–Crippen LogP) is 1.89. The van der Waals surface area contributed by atoms with Crippen LogP contribution in [0.25, 0.3) is 10.2 Å². The van der Waals surface area contributed by atoms with E-state index >= 15 is 0 Å². The molecule has 4 rings (SSSR count). The molecule has 1 amide bonds. The zero-order chi connectivity index (χ0) is 13.7. The van der Waals surface area contributed by atoms with Gasteiger partial charge in [-0.3, -0.25) is 4.79 Å². The quantitative estimate of drug-likeness (QED) is 0.804. The molecule has 6 heteroatoms. The molecule has 2 saturated heterocycles. The molecule has 0 aromatic carbocycles. The molecule has 5 nitrogen and oxygen atoms in total. The first kappa shape index (κ1) is 12.1. The highest BCUT2D eigenvalue weighted by molar-refractivity contribution is 7.17. The van der Waals surface area contributed by atoms with Crippen LogP contribution in [-0.4, -0.2) is 45.9 Å². The number of hydrogen-bond acceptors (Lipinski definition) is 5. The van der Waals surface area contributed by atoms with Crippen LogP contribution in [-0.2, 0) is 4.79 Å². The fourth-order valence-corrected chi connectivity index (χ4v) is 4.17. The summed E-state index contributed by atoms with van der Waals surface area (Å²) in [6.45, 7) is 3.79. The molecule has 20 heavy (non-hydrogen) atoms. The second-order valence-corrected chi connectivity index (χ2v) is 6.40. The van der Waals surface area contributed by atoms with Crippen LogP contribution < -0.4 is 4.90 Å². The SMILES string of the molecule is C[C@H]1C(=O)N2CCC[C@H]2CN1c1ncnc2ccsc12. The second-order valence-electron chi connectivity index (χ2n) is 5.49. The number of carbonyl (C=O) groups excluding carboxylic acids is 1. The highest BCUT2D eigenvalue weighted by atomic mass is 32.1. The first-order chi connectivity index (χ1) is 9.75. The Hall–Kier alpha value is -1.69. The van der Waals surface area contributed by atoms with E-state index in [0.29, 0.717) is 6.04 Å². The second kappa shape index (κ2) is 4.41. The number of rotatable bonds is 1. The third-order valence-electron chi connectivity index (χ3n) is 4.39. The molecule has 2 aliphatic heterocycles. The van der Waals surface area contributed by atoms with Crippen molar-refractivity contribution >= 4 is 33.3 Å². The Labute approximate surface area is 121 Å². The molecule has 0 bridgehead atoms. The lowest BCUT2D eigenvalue weighted by atomic mass is 10.1. The van der Waals surface area contributed by atoms with Gasteiger partial charge in [-0.25, -0.2) is 9.97 Å². The first-order valence-electron chi connectivity index (χ1n) is 7.01. The van der Waals surface area contributed by atoms with Crippen molar-refractivity contribution in [3.8, 4) is 0 Å². The molecule has 0 unspecified atom stereocenters. The molecule has 2 aromatic rings. The van der Waals surface area contributed by atoms with Crippen molar-refractivity contribution in [2.45, 2.75) is 31.8 Å². The van der Waals surface area contributed by atoms with Crippen LogP contribution >= 0.6 is 11.3 Å². The van der Waals surface area contributed by atoms with Gasteiger partial charge in [0.2, 0.25) is 5.91 Å². The lowest BCUT2D eigenvalue weighted by Crippen LogP contribution is -2.59. The average molecular weight is 288 g/mol. The summed E-state index contributed by atoms with van der Waals surface area (Å²) in [5, 5.41) is 2.03. The fourth-order valence-electron chi connectivity index (χ4n) is 3.32.